The van der Waals surface area contributed by atoms with Gasteiger partial charge in [-0.2, -0.15) is 0 Å². The standard InChI is InChI=1S/C7H12O4.Li.H/c1-3-10-6(8)5-7(9)11-4-2;;/h3-5H2,1-2H3;;. The summed E-state index contributed by atoms with van der Waals surface area (Å²) in [6.07, 6.45) is -0.290. The molecule has 0 radical (unpaired) electrons. The molecule has 0 atom stereocenters. The number of ether oxygens (including phenoxy) is 2. The predicted molar refractivity (Wildman–Crippen MR) is 45.0 cm³/mol. The van der Waals surface area contributed by atoms with Gasteiger partial charge in [-0.05, 0) is 13.8 Å². The average molecular weight is 168 g/mol. The predicted octanol–water partition coefficient (Wildman–Crippen LogP) is -0.146. The minimum absolute atomic E-state index is 0. The Balaban J connectivity index is 0. The second kappa shape index (κ2) is 8.63. The monoisotopic (exact) mass is 168 g/mol. The molecule has 4 nitrogen and oxygen atoms in total. The maximum atomic E-state index is 10.6. The van der Waals surface area contributed by atoms with Crippen molar-refractivity contribution in [3.63, 3.8) is 0 Å². The zero-order chi connectivity index (χ0) is 8.69. The number of carbonyl (C=O) groups is 2. The molecule has 0 bridgehead atoms. The molecule has 66 valence electrons. The van der Waals surface area contributed by atoms with E-state index in [9.17, 15) is 9.59 Å². The van der Waals surface area contributed by atoms with Crippen LogP contribution in [0.1, 0.15) is 20.3 Å². The summed E-state index contributed by atoms with van der Waals surface area (Å²) in [4.78, 5) is 21.2. The molecule has 12 heavy (non-hydrogen) atoms. The Bertz CT molecular complexity index is 130. The van der Waals surface area contributed by atoms with Gasteiger partial charge in [0.2, 0.25) is 0 Å². The van der Waals surface area contributed by atoms with Gasteiger partial charge >= 0.3 is 30.8 Å². The van der Waals surface area contributed by atoms with Gasteiger partial charge in [0, 0.05) is 0 Å². The Labute approximate surface area is 83.8 Å². The van der Waals surface area contributed by atoms with E-state index in [-0.39, 0.29) is 38.5 Å². The molecule has 0 fully saturated rings. The van der Waals surface area contributed by atoms with Gasteiger partial charge in [0.05, 0.1) is 13.2 Å². The van der Waals surface area contributed by atoms with E-state index >= 15 is 0 Å². The fourth-order valence-electron chi connectivity index (χ4n) is 0.542. The van der Waals surface area contributed by atoms with E-state index in [1.807, 2.05) is 0 Å². The van der Waals surface area contributed by atoms with Crippen LogP contribution in [0.4, 0.5) is 0 Å². The summed E-state index contributed by atoms with van der Waals surface area (Å²) in [5.41, 5.74) is 0. The van der Waals surface area contributed by atoms with Gasteiger partial charge in [0.15, 0.2) is 0 Å². The normalized spacial score (nSPS) is 8.17. The fraction of sp³-hybridized carbons (Fsp3) is 0.714. The summed E-state index contributed by atoms with van der Waals surface area (Å²) in [5.74, 6) is -1.07. The molecular weight excluding hydrogens is 155 g/mol. The molecule has 0 rings (SSSR count). The van der Waals surface area contributed by atoms with E-state index in [0.717, 1.165) is 0 Å². The third kappa shape index (κ3) is 7.64. The third-order valence-electron chi connectivity index (χ3n) is 0.899. The van der Waals surface area contributed by atoms with Crippen molar-refractivity contribution in [2.75, 3.05) is 13.2 Å². The number of esters is 2. The Morgan fingerprint density at radius 2 is 1.33 bits per heavy atom. The Hall–Kier alpha value is -0.463. The van der Waals surface area contributed by atoms with Crippen molar-refractivity contribution in [2.24, 2.45) is 0 Å². The van der Waals surface area contributed by atoms with Gasteiger partial charge in [0.1, 0.15) is 6.42 Å². The Kier molecular flexibility index (Phi) is 10.1. The molecule has 0 spiro atoms. The first-order valence-corrected chi connectivity index (χ1v) is 3.52. The van der Waals surface area contributed by atoms with Crippen LogP contribution in [0.3, 0.4) is 0 Å². The molecule has 0 saturated heterocycles. The molecule has 0 unspecified atom stereocenters. The van der Waals surface area contributed by atoms with Crippen molar-refractivity contribution < 1.29 is 19.1 Å². The van der Waals surface area contributed by atoms with Crippen LogP contribution in [-0.4, -0.2) is 44.0 Å². The molecule has 0 aliphatic heterocycles. The van der Waals surface area contributed by atoms with Crippen LogP contribution in [0.15, 0.2) is 0 Å². The Morgan fingerprint density at radius 1 is 1.00 bits per heavy atom. The molecule has 0 aromatic carbocycles. The summed E-state index contributed by atoms with van der Waals surface area (Å²) in [5, 5.41) is 0. The van der Waals surface area contributed by atoms with Crippen molar-refractivity contribution in [1.29, 1.82) is 0 Å². The van der Waals surface area contributed by atoms with Crippen LogP contribution >= 0.6 is 0 Å². The second-order valence-corrected chi connectivity index (χ2v) is 1.79. The SMILES string of the molecule is CCOC(=O)CC(=O)OCC.[LiH]. The van der Waals surface area contributed by atoms with E-state index < -0.39 is 11.9 Å². The van der Waals surface area contributed by atoms with Crippen molar-refractivity contribution in [2.45, 2.75) is 20.3 Å². The van der Waals surface area contributed by atoms with Gasteiger partial charge in [-0.3, -0.25) is 9.59 Å². The third-order valence-corrected chi connectivity index (χ3v) is 0.899. The number of hydrogen-bond donors (Lipinski definition) is 0. The van der Waals surface area contributed by atoms with Crippen LogP contribution in [0, 0.1) is 0 Å². The van der Waals surface area contributed by atoms with Gasteiger partial charge in [-0.15, -0.1) is 0 Å². The zero-order valence-electron chi connectivity index (χ0n) is 6.75. The van der Waals surface area contributed by atoms with Crippen molar-refractivity contribution >= 4 is 30.8 Å². The van der Waals surface area contributed by atoms with E-state index in [4.69, 9.17) is 0 Å². The summed E-state index contributed by atoms with van der Waals surface area (Å²) in [7, 11) is 0. The zero-order valence-corrected chi connectivity index (χ0v) is 6.75. The van der Waals surface area contributed by atoms with Crippen molar-refractivity contribution in [1.82, 2.24) is 0 Å². The van der Waals surface area contributed by atoms with E-state index in [0.29, 0.717) is 0 Å². The van der Waals surface area contributed by atoms with E-state index in [1.54, 1.807) is 13.8 Å². The van der Waals surface area contributed by atoms with Crippen LogP contribution in [-0.2, 0) is 19.1 Å². The Morgan fingerprint density at radius 3 is 1.58 bits per heavy atom. The van der Waals surface area contributed by atoms with Crippen molar-refractivity contribution in [3.8, 4) is 0 Å². The molecule has 0 aromatic rings. The number of carbonyl (C=O) groups excluding carboxylic acids is 2. The topological polar surface area (TPSA) is 52.6 Å². The maximum absolute atomic E-state index is 10.6. The summed E-state index contributed by atoms with van der Waals surface area (Å²) >= 11 is 0. The molecule has 0 aliphatic carbocycles. The van der Waals surface area contributed by atoms with Crippen LogP contribution < -0.4 is 0 Å². The molecule has 0 amide bonds. The van der Waals surface area contributed by atoms with Gasteiger partial charge in [0.25, 0.3) is 0 Å². The van der Waals surface area contributed by atoms with Crippen molar-refractivity contribution in [3.05, 3.63) is 0 Å². The van der Waals surface area contributed by atoms with Gasteiger partial charge in [-0.25, -0.2) is 0 Å². The molecule has 0 heterocycles. The quantitative estimate of drug-likeness (QED) is 0.333. The molecule has 5 heteroatoms. The van der Waals surface area contributed by atoms with Crippen LogP contribution in [0.2, 0.25) is 0 Å². The number of hydrogen-bond acceptors (Lipinski definition) is 4. The summed E-state index contributed by atoms with van der Waals surface area (Å²) < 4.78 is 9.04. The van der Waals surface area contributed by atoms with Gasteiger partial charge in [-0.1, -0.05) is 0 Å². The molecule has 0 aromatic heterocycles. The molecular formula is C7H13LiO4. The number of rotatable bonds is 4. The molecule has 0 aliphatic rings. The van der Waals surface area contributed by atoms with E-state index in [2.05, 4.69) is 9.47 Å². The average Bonchev–Trinajstić information content (AvgIpc) is 1.87. The van der Waals surface area contributed by atoms with Crippen LogP contribution in [0.5, 0.6) is 0 Å². The van der Waals surface area contributed by atoms with Crippen LogP contribution in [0.25, 0.3) is 0 Å². The summed E-state index contributed by atoms with van der Waals surface area (Å²) in [6, 6.07) is 0. The first-order valence-electron chi connectivity index (χ1n) is 3.52. The minimum atomic E-state index is -0.536. The fourth-order valence-corrected chi connectivity index (χ4v) is 0.542. The second-order valence-electron chi connectivity index (χ2n) is 1.79. The van der Waals surface area contributed by atoms with Gasteiger partial charge < -0.3 is 9.47 Å². The first kappa shape index (κ1) is 14.1. The summed E-state index contributed by atoms with van der Waals surface area (Å²) in [6.45, 7) is 3.95. The molecule has 0 N–H and O–H groups in total. The molecule has 0 saturated carbocycles. The first-order chi connectivity index (χ1) is 5.20. The van der Waals surface area contributed by atoms with E-state index in [1.165, 1.54) is 0 Å².